The molecule has 0 saturated carbocycles. The molecular formula is C15H22FN3O2. The largest absolute Gasteiger partial charge is 0.383 e. The molecule has 1 heterocycles. The van der Waals surface area contributed by atoms with Crippen molar-refractivity contribution >= 4 is 5.91 Å². The van der Waals surface area contributed by atoms with Crippen LogP contribution in [0.1, 0.15) is 11.7 Å². The lowest BCUT2D eigenvalue weighted by Gasteiger charge is -2.27. The summed E-state index contributed by atoms with van der Waals surface area (Å²) >= 11 is 0. The molecule has 1 amide bonds. The molecular weight excluding hydrogens is 273 g/mol. The van der Waals surface area contributed by atoms with Gasteiger partial charge in [-0.25, -0.2) is 4.39 Å². The molecule has 1 unspecified atom stereocenters. The van der Waals surface area contributed by atoms with E-state index in [0.29, 0.717) is 19.7 Å². The van der Waals surface area contributed by atoms with E-state index < -0.39 is 0 Å². The van der Waals surface area contributed by atoms with Gasteiger partial charge in [-0.1, -0.05) is 12.1 Å². The maximum atomic E-state index is 13.0. The van der Waals surface area contributed by atoms with Gasteiger partial charge in [0.25, 0.3) is 0 Å². The van der Waals surface area contributed by atoms with Crippen molar-refractivity contribution in [1.29, 1.82) is 0 Å². The van der Waals surface area contributed by atoms with Gasteiger partial charge in [0, 0.05) is 26.7 Å². The Bertz CT molecular complexity index is 466. The highest BCUT2D eigenvalue weighted by Gasteiger charge is 2.31. The molecule has 1 aromatic rings. The highest BCUT2D eigenvalue weighted by atomic mass is 19.1. The fraction of sp³-hybridized carbons (Fsp3) is 0.533. The summed E-state index contributed by atoms with van der Waals surface area (Å²) in [5.74, 6) is -0.196. The maximum absolute atomic E-state index is 13.0. The maximum Gasteiger partial charge on any atom is 0.238 e. The van der Waals surface area contributed by atoms with Gasteiger partial charge in [0.15, 0.2) is 0 Å². The number of halogens is 1. The van der Waals surface area contributed by atoms with Gasteiger partial charge in [-0.3, -0.25) is 10.1 Å². The number of nitrogens with one attached hydrogen (secondary N) is 1. The van der Waals surface area contributed by atoms with Crippen molar-refractivity contribution in [3.63, 3.8) is 0 Å². The number of nitrogens with zero attached hydrogens (tertiary/aromatic N) is 2. The van der Waals surface area contributed by atoms with Crippen LogP contribution in [0.3, 0.4) is 0 Å². The molecule has 21 heavy (non-hydrogen) atoms. The monoisotopic (exact) mass is 295 g/mol. The molecule has 1 aliphatic rings. The zero-order valence-electron chi connectivity index (χ0n) is 12.5. The average Bonchev–Trinajstić information content (AvgIpc) is 2.85. The number of ether oxygens (including phenoxy) is 1. The third-order valence-corrected chi connectivity index (χ3v) is 3.66. The van der Waals surface area contributed by atoms with Gasteiger partial charge in [-0.2, -0.15) is 0 Å². The molecule has 1 saturated heterocycles. The van der Waals surface area contributed by atoms with E-state index in [4.69, 9.17) is 4.74 Å². The molecule has 0 radical (unpaired) electrons. The third-order valence-electron chi connectivity index (χ3n) is 3.66. The fourth-order valence-electron chi connectivity index (χ4n) is 2.37. The molecule has 0 bridgehead atoms. The van der Waals surface area contributed by atoms with Gasteiger partial charge in [-0.15, -0.1) is 0 Å². The normalized spacial score (nSPS) is 18.8. The van der Waals surface area contributed by atoms with Crippen LogP contribution in [0.2, 0.25) is 0 Å². The van der Waals surface area contributed by atoms with Gasteiger partial charge >= 0.3 is 0 Å². The number of methoxy groups -OCH3 is 1. The van der Waals surface area contributed by atoms with Crippen LogP contribution in [0.4, 0.5) is 4.39 Å². The summed E-state index contributed by atoms with van der Waals surface area (Å²) in [5, 5.41) is 3.17. The molecule has 1 aromatic carbocycles. The molecule has 1 fully saturated rings. The molecule has 0 aromatic heterocycles. The van der Waals surface area contributed by atoms with Gasteiger partial charge in [-0.05, 0) is 24.7 Å². The second kappa shape index (κ2) is 7.49. The standard InChI is InChI=1S/C15H22FN3O2/c1-18(9-10-21-2)7-8-19-14(20)11-17-15(19)12-3-5-13(16)6-4-12/h3-6,15,17H,7-11H2,1-2H3. The van der Waals surface area contributed by atoms with Crippen LogP contribution in [0.5, 0.6) is 0 Å². The van der Waals surface area contributed by atoms with E-state index >= 15 is 0 Å². The highest BCUT2D eigenvalue weighted by molar-refractivity contribution is 5.80. The van der Waals surface area contributed by atoms with Gasteiger partial charge in [0.1, 0.15) is 12.0 Å². The van der Waals surface area contributed by atoms with E-state index in [1.165, 1.54) is 12.1 Å². The molecule has 2 rings (SSSR count). The first kappa shape index (κ1) is 15.9. The van der Waals surface area contributed by atoms with Gasteiger partial charge in [0.2, 0.25) is 5.91 Å². The summed E-state index contributed by atoms with van der Waals surface area (Å²) in [6.07, 6.45) is -0.172. The lowest BCUT2D eigenvalue weighted by atomic mass is 10.1. The summed E-state index contributed by atoms with van der Waals surface area (Å²) in [6.45, 7) is 3.23. The number of benzene rings is 1. The Labute approximate surface area is 124 Å². The Balaban J connectivity index is 1.95. The minimum atomic E-state index is -0.270. The highest BCUT2D eigenvalue weighted by Crippen LogP contribution is 2.22. The quantitative estimate of drug-likeness (QED) is 0.809. The first-order chi connectivity index (χ1) is 10.1. The van der Waals surface area contributed by atoms with Crippen molar-refractivity contribution in [2.75, 3.05) is 46.9 Å². The van der Waals surface area contributed by atoms with E-state index in [2.05, 4.69) is 10.2 Å². The van der Waals surface area contributed by atoms with Crippen LogP contribution in [-0.4, -0.2) is 62.7 Å². The minimum absolute atomic E-state index is 0.0736. The Kier molecular flexibility index (Phi) is 5.67. The van der Waals surface area contributed by atoms with E-state index in [0.717, 1.165) is 18.7 Å². The average molecular weight is 295 g/mol. The van der Waals surface area contributed by atoms with Crippen LogP contribution in [0, 0.1) is 5.82 Å². The number of hydrogen-bond donors (Lipinski definition) is 1. The van der Waals surface area contributed by atoms with Crippen molar-refractivity contribution in [3.8, 4) is 0 Å². The van der Waals surface area contributed by atoms with E-state index in [1.807, 2.05) is 7.05 Å². The van der Waals surface area contributed by atoms with E-state index in [9.17, 15) is 9.18 Å². The van der Waals surface area contributed by atoms with Crippen molar-refractivity contribution in [2.24, 2.45) is 0 Å². The smallest absolute Gasteiger partial charge is 0.238 e. The zero-order chi connectivity index (χ0) is 15.2. The molecule has 1 atom stereocenters. The third kappa shape index (κ3) is 4.23. The summed E-state index contributed by atoms with van der Waals surface area (Å²) in [4.78, 5) is 15.9. The number of amides is 1. The van der Waals surface area contributed by atoms with Crippen molar-refractivity contribution in [1.82, 2.24) is 15.1 Å². The summed E-state index contributed by atoms with van der Waals surface area (Å²) < 4.78 is 18.0. The van der Waals surface area contributed by atoms with Crippen molar-refractivity contribution in [2.45, 2.75) is 6.17 Å². The van der Waals surface area contributed by atoms with Gasteiger partial charge < -0.3 is 14.5 Å². The second-order valence-corrected chi connectivity index (χ2v) is 5.22. The van der Waals surface area contributed by atoms with Gasteiger partial charge in [0.05, 0.1) is 13.2 Å². The summed E-state index contributed by atoms with van der Waals surface area (Å²) in [6, 6.07) is 6.27. The predicted octanol–water partition coefficient (Wildman–Crippen LogP) is 0.834. The Hall–Kier alpha value is -1.50. The molecule has 1 aliphatic heterocycles. The molecule has 116 valence electrons. The minimum Gasteiger partial charge on any atom is -0.383 e. The van der Waals surface area contributed by atoms with Crippen LogP contribution >= 0.6 is 0 Å². The first-order valence-corrected chi connectivity index (χ1v) is 7.07. The number of likely N-dealkylation sites (N-methyl/N-ethyl adjacent to an activating group) is 1. The second-order valence-electron chi connectivity index (χ2n) is 5.22. The van der Waals surface area contributed by atoms with Crippen molar-refractivity contribution < 1.29 is 13.9 Å². The molecule has 6 heteroatoms. The van der Waals surface area contributed by atoms with Crippen LogP contribution in [0.15, 0.2) is 24.3 Å². The molecule has 1 N–H and O–H groups in total. The number of carbonyl (C=O) groups excluding carboxylic acids is 1. The Morgan fingerprint density at radius 3 is 2.76 bits per heavy atom. The van der Waals surface area contributed by atoms with E-state index in [-0.39, 0.29) is 17.9 Å². The van der Waals surface area contributed by atoms with Crippen LogP contribution in [-0.2, 0) is 9.53 Å². The SMILES string of the molecule is COCCN(C)CCN1C(=O)CNC1c1ccc(F)cc1. The van der Waals surface area contributed by atoms with Crippen LogP contribution < -0.4 is 5.32 Å². The fourth-order valence-corrected chi connectivity index (χ4v) is 2.37. The lowest BCUT2D eigenvalue weighted by Crippen LogP contribution is -2.37. The number of hydrogen-bond acceptors (Lipinski definition) is 4. The predicted molar refractivity (Wildman–Crippen MR) is 78.2 cm³/mol. The number of rotatable bonds is 7. The van der Waals surface area contributed by atoms with E-state index in [1.54, 1.807) is 24.1 Å². The zero-order valence-corrected chi connectivity index (χ0v) is 12.5. The summed E-state index contributed by atoms with van der Waals surface area (Å²) in [5.41, 5.74) is 0.904. The summed E-state index contributed by atoms with van der Waals surface area (Å²) in [7, 11) is 3.67. The topological polar surface area (TPSA) is 44.8 Å². The molecule has 0 spiro atoms. The molecule has 0 aliphatic carbocycles. The number of carbonyl (C=O) groups is 1. The molecule has 5 nitrogen and oxygen atoms in total. The first-order valence-electron chi connectivity index (χ1n) is 7.07. The Morgan fingerprint density at radius 2 is 2.10 bits per heavy atom. The van der Waals surface area contributed by atoms with Crippen LogP contribution in [0.25, 0.3) is 0 Å². The lowest BCUT2D eigenvalue weighted by molar-refractivity contribution is -0.128. The van der Waals surface area contributed by atoms with Crippen molar-refractivity contribution in [3.05, 3.63) is 35.6 Å². The Morgan fingerprint density at radius 1 is 1.38 bits per heavy atom.